The summed E-state index contributed by atoms with van der Waals surface area (Å²) in [6.07, 6.45) is 4.73. The third-order valence-electron chi connectivity index (χ3n) is 4.56. The van der Waals surface area contributed by atoms with Crippen molar-refractivity contribution in [2.24, 2.45) is 5.92 Å². The molecule has 4 rings (SSSR count). The first-order chi connectivity index (χ1) is 11.7. The standard InChI is InChI=1S/C19H18N2O3/c22-15-9-12(10-15)11-21-19(23)14-3-1-13(2-4-14)18-16-6-8-24-17(16)5-7-20-18/h1-8,12,15,22H,9-11H2,(H,21,23). The molecule has 2 heterocycles. The van der Waals surface area contributed by atoms with E-state index in [2.05, 4.69) is 10.3 Å². The lowest BCUT2D eigenvalue weighted by Crippen LogP contribution is -2.38. The van der Waals surface area contributed by atoms with Crippen molar-refractivity contribution in [3.05, 3.63) is 54.4 Å². The van der Waals surface area contributed by atoms with Crippen LogP contribution in [0.4, 0.5) is 0 Å². The lowest BCUT2D eigenvalue weighted by molar-refractivity contribution is 0.0420. The van der Waals surface area contributed by atoms with E-state index in [4.69, 9.17) is 4.42 Å². The number of aliphatic hydroxyl groups is 1. The van der Waals surface area contributed by atoms with Crippen molar-refractivity contribution in [2.75, 3.05) is 6.54 Å². The average Bonchev–Trinajstić information content (AvgIpc) is 3.06. The SMILES string of the molecule is O=C(NCC1CC(O)C1)c1ccc(-c2nccc3occc23)cc1. The number of aliphatic hydroxyl groups excluding tert-OH is 1. The highest BCUT2D eigenvalue weighted by atomic mass is 16.3. The van der Waals surface area contributed by atoms with Gasteiger partial charge in [-0.3, -0.25) is 9.78 Å². The molecule has 122 valence electrons. The van der Waals surface area contributed by atoms with Crippen LogP contribution >= 0.6 is 0 Å². The Kier molecular flexibility index (Phi) is 3.78. The van der Waals surface area contributed by atoms with Crippen molar-refractivity contribution >= 4 is 16.9 Å². The first-order valence-electron chi connectivity index (χ1n) is 8.09. The van der Waals surface area contributed by atoms with Crippen molar-refractivity contribution in [1.82, 2.24) is 10.3 Å². The molecular weight excluding hydrogens is 304 g/mol. The van der Waals surface area contributed by atoms with Gasteiger partial charge in [0.05, 0.1) is 18.1 Å². The number of aromatic nitrogens is 1. The van der Waals surface area contributed by atoms with E-state index < -0.39 is 0 Å². The van der Waals surface area contributed by atoms with Crippen LogP contribution in [0.5, 0.6) is 0 Å². The molecule has 0 bridgehead atoms. The van der Waals surface area contributed by atoms with Gasteiger partial charge >= 0.3 is 0 Å². The molecule has 3 aromatic rings. The van der Waals surface area contributed by atoms with Crippen LogP contribution in [0.25, 0.3) is 22.2 Å². The fourth-order valence-corrected chi connectivity index (χ4v) is 3.11. The number of amides is 1. The van der Waals surface area contributed by atoms with E-state index in [1.165, 1.54) is 0 Å². The Morgan fingerprint density at radius 2 is 2.00 bits per heavy atom. The largest absolute Gasteiger partial charge is 0.464 e. The zero-order valence-electron chi connectivity index (χ0n) is 13.1. The lowest BCUT2D eigenvalue weighted by Gasteiger charge is -2.31. The van der Waals surface area contributed by atoms with E-state index in [1.54, 1.807) is 24.6 Å². The van der Waals surface area contributed by atoms with Gasteiger partial charge in [0, 0.05) is 29.3 Å². The Morgan fingerprint density at radius 1 is 1.21 bits per heavy atom. The third kappa shape index (κ3) is 2.78. The summed E-state index contributed by atoms with van der Waals surface area (Å²) in [4.78, 5) is 16.6. The van der Waals surface area contributed by atoms with Crippen LogP contribution in [-0.4, -0.2) is 28.6 Å². The molecule has 2 N–H and O–H groups in total. The number of hydrogen-bond donors (Lipinski definition) is 2. The fourth-order valence-electron chi connectivity index (χ4n) is 3.11. The van der Waals surface area contributed by atoms with Crippen LogP contribution in [-0.2, 0) is 0 Å². The van der Waals surface area contributed by atoms with Gasteiger partial charge in [0.15, 0.2) is 0 Å². The number of nitrogens with one attached hydrogen (secondary N) is 1. The van der Waals surface area contributed by atoms with E-state index in [0.717, 1.165) is 35.1 Å². The van der Waals surface area contributed by atoms with Crippen molar-refractivity contribution in [3.8, 4) is 11.3 Å². The van der Waals surface area contributed by atoms with E-state index >= 15 is 0 Å². The maximum atomic E-state index is 12.2. The Morgan fingerprint density at radius 3 is 2.75 bits per heavy atom. The van der Waals surface area contributed by atoms with Gasteiger partial charge in [0.2, 0.25) is 0 Å². The normalized spacial score (nSPS) is 19.9. The molecule has 1 aromatic carbocycles. The minimum atomic E-state index is -0.190. The maximum Gasteiger partial charge on any atom is 0.251 e. The second kappa shape index (κ2) is 6.09. The summed E-state index contributed by atoms with van der Waals surface area (Å²) in [6, 6.07) is 11.1. The lowest BCUT2D eigenvalue weighted by atomic mass is 9.82. The van der Waals surface area contributed by atoms with Gasteiger partial charge in [-0.1, -0.05) is 12.1 Å². The van der Waals surface area contributed by atoms with Crippen LogP contribution in [0.15, 0.2) is 53.3 Å². The summed E-state index contributed by atoms with van der Waals surface area (Å²) >= 11 is 0. The van der Waals surface area contributed by atoms with Crippen LogP contribution in [0, 0.1) is 5.92 Å². The number of carbonyl (C=O) groups excluding carboxylic acids is 1. The van der Waals surface area contributed by atoms with Crippen LogP contribution in [0.3, 0.4) is 0 Å². The molecule has 1 aliphatic carbocycles. The van der Waals surface area contributed by atoms with Gasteiger partial charge in [-0.25, -0.2) is 0 Å². The second-order valence-corrected chi connectivity index (χ2v) is 6.27. The number of nitrogens with zero attached hydrogens (tertiary/aromatic N) is 1. The molecule has 0 unspecified atom stereocenters. The Balaban J connectivity index is 1.48. The zero-order valence-corrected chi connectivity index (χ0v) is 13.1. The van der Waals surface area contributed by atoms with Gasteiger partial charge in [-0.2, -0.15) is 0 Å². The van der Waals surface area contributed by atoms with E-state index in [9.17, 15) is 9.90 Å². The highest BCUT2D eigenvalue weighted by molar-refractivity contribution is 5.96. The Bertz CT molecular complexity index is 864. The molecule has 2 aromatic heterocycles. The molecule has 1 fully saturated rings. The molecule has 5 nitrogen and oxygen atoms in total. The number of fused-ring (bicyclic) bond motifs is 1. The summed E-state index contributed by atoms with van der Waals surface area (Å²) < 4.78 is 5.40. The average molecular weight is 322 g/mol. The first kappa shape index (κ1) is 14.9. The highest BCUT2D eigenvalue weighted by Crippen LogP contribution is 2.28. The van der Waals surface area contributed by atoms with Crippen molar-refractivity contribution < 1.29 is 14.3 Å². The molecule has 0 spiro atoms. The summed E-state index contributed by atoms with van der Waals surface area (Å²) in [6.45, 7) is 0.619. The van der Waals surface area contributed by atoms with Gasteiger partial charge in [-0.05, 0) is 43.0 Å². The number of carbonyl (C=O) groups is 1. The minimum absolute atomic E-state index is 0.0857. The quantitative estimate of drug-likeness (QED) is 0.774. The molecule has 0 radical (unpaired) electrons. The van der Waals surface area contributed by atoms with Crippen molar-refractivity contribution in [3.63, 3.8) is 0 Å². The van der Waals surface area contributed by atoms with Crippen LogP contribution in [0.1, 0.15) is 23.2 Å². The molecule has 1 aliphatic rings. The van der Waals surface area contributed by atoms with E-state index in [0.29, 0.717) is 18.0 Å². The summed E-state index contributed by atoms with van der Waals surface area (Å²) in [7, 11) is 0. The number of pyridine rings is 1. The third-order valence-corrected chi connectivity index (χ3v) is 4.56. The summed E-state index contributed by atoms with van der Waals surface area (Å²) in [5.74, 6) is 0.309. The topological polar surface area (TPSA) is 75.4 Å². The van der Waals surface area contributed by atoms with Crippen LogP contribution < -0.4 is 5.32 Å². The molecule has 0 aliphatic heterocycles. The van der Waals surface area contributed by atoms with Gasteiger partial charge < -0.3 is 14.8 Å². The maximum absolute atomic E-state index is 12.2. The van der Waals surface area contributed by atoms with Gasteiger partial charge in [-0.15, -0.1) is 0 Å². The number of benzene rings is 1. The molecule has 1 amide bonds. The van der Waals surface area contributed by atoms with Crippen LogP contribution in [0.2, 0.25) is 0 Å². The molecule has 0 atom stereocenters. The number of rotatable bonds is 4. The smallest absolute Gasteiger partial charge is 0.251 e. The highest BCUT2D eigenvalue weighted by Gasteiger charge is 2.27. The fraction of sp³-hybridized carbons (Fsp3) is 0.263. The molecule has 5 heteroatoms. The molecular formula is C19H18N2O3. The Labute approximate surface area is 139 Å². The summed E-state index contributed by atoms with van der Waals surface area (Å²) in [5.41, 5.74) is 3.21. The monoisotopic (exact) mass is 322 g/mol. The predicted molar refractivity (Wildman–Crippen MR) is 90.5 cm³/mol. The van der Waals surface area contributed by atoms with Crippen molar-refractivity contribution in [1.29, 1.82) is 0 Å². The predicted octanol–water partition coefficient (Wildman–Crippen LogP) is 3.00. The zero-order chi connectivity index (χ0) is 16.5. The Hall–Kier alpha value is -2.66. The minimum Gasteiger partial charge on any atom is -0.464 e. The molecule has 24 heavy (non-hydrogen) atoms. The van der Waals surface area contributed by atoms with E-state index in [1.807, 2.05) is 24.3 Å². The first-order valence-corrected chi connectivity index (χ1v) is 8.09. The summed E-state index contributed by atoms with van der Waals surface area (Å²) in [5, 5.41) is 13.2. The van der Waals surface area contributed by atoms with Gasteiger partial charge in [0.25, 0.3) is 5.91 Å². The van der Waals surface area contributed by atoms with Crippen molar-refractivity contribution in [2.45, 2.75) is 18.9 Å². The van der Waals surface area contributed by atoms with E-state index in [-0.39, 0.29) is 12.0 Å². The number of hydrogen-bond acceptors (Lipinski definition) is 4. The van der Waals surface area contributed by atoms with Gasteiger partial charge in [0.1, 0.15) is 5.58 Å². The molecule has 1 saturated carbocycles. The second-order valence-electron chi connectivity index (χ2n) is 6.27. The number of furan rings is 1. The molecule has 0 saturated heterocycles.